The maximum absolute atomic E-state index is 6.23. The molecule has 0 radical (unpaired) electrons. The van der Waals surface area contributed by atoms with E-state index in [4.69, 9.17) is 9.47 Å². The Morgan fingerprint density at radius 1 is 1.27 bits per heavy atom. The van der Waals surface area contributed by atoms with Crippen LogP contribution in [0.3, 0.4) is 0 Å². The van der Waals surface area contributed by atoms with Gasteiger partial charge in [0.15, 0.2) is 5.79 Å². The van der Waals surface area contributed by atoms with Crippen molar-refractivity contribution in [3.8, 4) is 0 Å². The highest BCUT2D eigenvalue weighted by atomic mass is 16.7. The van der Waals surface area contributed by atoms with Crippen molar-refractivity contribution in [3.63, 3.8) is 0 Å². The summed E-state index contributed by atoms with van der Waals surface area (Å²) in [4.78, 5) is 2.40. The molecular formula is C21H37N3O2. The third kappa shape index (κ3) is 4.68. The van der Waals surface area contributed by atoms with Crippen molar-refractivity contribution in [2.45, 2.75) is 77.5 Å². The second-order valence-electron chi connectivity index (χ2n) is 8.71. The SMILES string of the molecule is CCCCN(C)Cc1cn[nH]c1C1CCC2(CC1)OCC(C(C)C)CO2. The third-order valence-corrected chi connectivity index (χ3v) is 6.30. The molecule has 0 unspecified atom stereocenters. The number of aromatic nitrogens is 2. The van der Waals surface area contributed by atoms with E-state index in [-0.39, 0.29) is 5.79 Å². The number of nitrogens with one attached hydrogen (secondary N) is 1. The smallest absolute Gasteiger partial charge is 0.168 e. The Bertz CT molecular complexity index is 539. The monoisotopic (exact) mass is 363 g/mol. The molecule has 0 amide bonds. The molecule has 5 nitrogen and oxygen atoms in total. The van der Waals surface area contributed by atoms with Gasteiger partial charge in [0, 0.05) is 42.5 Å². The van der Waals surface area contributed by atoms with Gasteiger partial charge in [0.1, 0.15) is 0 Å². The van der Waals surface area contributed by atoms with Crippen LogP contribution in [-0.4, -0.2) is 47.7 Å². The van der Waals surface area contributed by atoms with E-state index in [1.54, 1.807) is 0 Å². The quantitative estimate of drug-likeness (QED) is 0.784. The fraction of sp³-hybridized carbons (Fsp3) is 0.857. The van der Waals surface area contributed by atoms with E-state index in [1.807, 2.05) is 6.20 Å². The van der Waals surface area contributed by atoms with Crippen LogP contribution in [0, 0.1) is 11.8 Å². The fourth-order valence-electron chi connectivity index (χ4n) is 4.23. The first-order valence-corrected chi connectivity index (χ1v) is 10.5. The lowest BCUT2D eigenvalue weighted by Gasteiger charge is -2.45. The molecule has 1 saturated carbocycles. The van der Waals surface area contributed by atoms with Crippen LogP contribution in [0.1, 0.15) is 76.5 Å². The molecule has 3 rings (SSSR count). The fourth-order valence-corrected chi connectivity index (χ4v) is 4.23. The van der Waals surface area contributed by atoms with Crippen LogP contribution in [0.2, 0.25) is 0 Å². The topological polar surface area (TPSA) is 50.4 Å². The molecule has 1 aliphatic heterocycles. The Kier molecular flexibility index (Phi) is 6.76. The van der Waals surface area contributed by atoms with Gasteiger partial charge in [-0.05, 0) is 38.8 Å². The summed E-state index contributed by atoms with van der Waals surface area (Å²) in [7, 11) is 2.21. The standard InChI is InChI=1S/C21H37N3O2/c1-5-6-11-24(4)13-18-12-22-23-20(18)17-7-9-21(10-8-17)25-14-19(15-26-21)16(2)3/h12,16-17,19H,5-11,13-15H2,1-4H3,(H,22,23). The molecule has 2 heterocycles. The Morgan fingerprint density at radius 3 is 2.58 bits per heavy atom. The highest BCUT2D eigenvalue weighted by molar-refractivity contribution is 5.21. The molecule has 1 aliphatic carbocycles. The highest BCUT2D eigenvalue weighted by Crippen LogP contribution is 2.43. The zero-order valence-electron chi connectivity index (χ0n) is 17.1. The van der Waals surface area contributed by atoms with Crippen LogP contribution >= 0.6 is 0 Å². The van der Waals surface area contributed by atoms with E-state index < -0.39 is 0 Å². The first-order chi connectivity index (χ1) is 12.5. The van der Waals surface area contributed by atoms with Gasteiger partial charge in [0.2, 0.25) is 0 Å². The average Bonchev–Trinajstić information content (AvgIpc) is 3.09. The van der Waals surface area contributed by atoms with Crippen LogP contribution in [0.15, 0.2) is 6.20 Å². The van der Waals surface area contributed by atoms with Gasteiger partial charge in [-0.1, -0.05) is 27.2 Å². The van der Waals surface area contributed by atoms with E-state index in [1.165, 1.54) is 24.1 Å². The lowest BCUT2D eigenvalue weighted by molar-refractivity contribution is -0.300. The van der Waals surface area contributed by atoms with Gasteiger partial charge >= 0.3 is 0 Å². The molecular weight excluding hydrogens is 326 g/mol. The first kappa shape index (κ1) is 19.8. The lowest BCUT2D eigenvalue weighted by atomic mass is 9.81. The second-order valence-corrected chi connectivity index (χ2v) is 8.71. The number of nitrogens with zero attached hydrogens (tertiary/aromatic N) is 2. The van der Waals surface area contributed by atoms with Crippen LogP contribution < -0.4 is 0 Å². The van der Waals surface area contributed by atoms with Crippen molar-refractivity contribution in [3.05, 3.63) is 17.5 Å². The molecule has 0 bridgehead atoms. The number of aromatic amines is 1. The number of hydrogen-bond acceptors (Lipinski definition) is 4. The molecule has 148 valence electrons. The predicted molar refractivity (Wildman–Crippen MR) is 104 cm³/mol. The summed E-state index contributed by atoms with van der Waals surface area (Å²) in [6.45, 7) is 10.6. The van der Waals surface area contributed by atoms with Crippen LogP contribution in [0.25, 0.3) is 0 Å². The largest absolute Gasteiger partial charge is 0.350 e. The van der Waals surface area contributed by atoms with E-state index in [9.17, 15) is 0 Å². The minimum atomic E-state index is -0.319. The number of rotatable bonds is 7. The molecule has 0 atom stereocenters. The minimum absolute atomic E-state index is 0.319. The summed E-state index contributed by atoms with van der Waals surface area (Å²) in [5, 5.41) is 7.64. The Morgan fingerprint density at radius 2 is 1.96 bits per heavy atom. The van der Waals surface area contributed by atoms with Gasteiger partial charge in [0.05, 0.1) is 19.4 Å². The number of H-pyrrole nitrogens is 1. The zero-order chi connectivity index (χ0) is 18.6. The van der Waals surface area contributed by atoms with Crippen molar-refractivity contribution in [1.29, 1.82) is 0 Å². The van der Waals surface area contributed by atoms with Crippen LogP contribution in [0.4, 0.5) is 0 Å². The molecule has 2 fully saturated rings. The highest BCUT2D eigenvalue weighted by Gasteiger charge is 2.42. The van der Waals surface area contributed by atoms with Gasteiger partial charge in [-0.3, -0.25) is 5.10 Å². The molecule has 5 heteroatoms. The maximum Gasteiger partial charge on any atom is 0.168 e. The van der Waals surface area contributed by atoms with Gasteiger partial charge in [-0.2, -0.15) is 5.10 Å². The third-order valence-electron chi connectivity index (χ3n) is 6.30. The van der Waals surface area contributed by atoms with Crippen molar-refractivity contribution >= 4 is 0 Å². The molecule has 1 N–H and O–H groups in total. The van der Waals surface area contributed by atoms with Crippen molar-refractivity contribution in [2.75, 3.05) is 26.8 Å². The summed E-state index contributed by atoms with van der Waals surface area (Å²) < 4.78 is 12.5. The molecule has 1 aromatic heterocycles. The Labute approximate surface area is 158 Å². The summed E-state index contributed by atoms with van der Waals surface area (Å²) in [6.07, 6.45) is 8.72. The van der Waals surface area contributed by atoms with Gasteiger partial charge in [-0.15, -0.1) is 0 Å². The van der Waals surface area contributed by atoms with Crippen LogP contribution in [-0.2, 0) is 16.0 Å². The van der Waals surface area contributed by atoms with Crippen LogP contribution in [0.5, 0.6) is 0 Å². The summed E-state index contributed by atoms with van der Waals surface area (Å²) in [5.74, 6) is 1.39. The molecule has 0 aromatic carbocycles. The molecule has 1 spiro atoms. The molecule has 2 aliphatic rings. The van der Waals surface area contributed by atoms with E-state index >= 15 is 0 Å². The number of hydrogen-bond donors (Lipinski definition) is 1. The first-order valence-electron chi connectivity index (χ1n) is 10.5. The number of unbranched alkanes of at least 4 members (excludes halogenated alkanes) is 1. The van der Waals surface area contributed by atoms with E-state index in [2.05, 4.69) is 42.9 Å². The molecule has 1 saturated heterocycles. The summed E-state index contributed by atoms with van der Waals surface area (Å²) >= 11 is 0. The predicted octanol–water partition coefficient (Wildman–Crippen LogP) is 4.31. The van der Waals surface area contributed by atoms with Crippen molar-refractivity contribution in [2.24, 2.45) is 11.8 Å². The normalized spacial score (nSPS) is 29.8. The van der Waals surface area contributed by atoms with Crippen molar-refractivity contribution < 1.29 is 9.47 Å². The molecule has 1 aromatic rings. The summed E-state index contributed by atoms with van der Waals surface area (Å²) in [5.41, 5.74) is 2.69. The number of ether oxygens (including phenoxy) is 2. The van der Waals surface area contributed by atoms with Crippen molar-refractivity contribution in [1.82, 2.24) is 15.1 Å². The van der Waals surface area contributed by atoms with Gasteiger partial charge in [0.25, 0.3) is 0 Å². The average molecular weight is 364 g/mol. The second kappa shape index (κ2) is 8.85. The lowest BCUT2D eigenvalue weighted by Crippen LogP contribution is -2.47. The minimum Gasteiger partial charge on any atom is -0.350 e. The molecule has 26 heavy (non-hydrogen) atoms. The van der Waals surface area contributed by atoms with E-state index in [0.29, 0.717) is 17.8 Å². The maximum atomic E-state index is 6.23. The van der Waals surface area contributed by atoms with Gasteiger partial charge < -0.3 is 14.4 Å². The Balaban J connectivity index is 1.54. The van der Waals surface area contributed by atoms with E-state index in [0.717, 1.165) is 52.0 Å². The zero-order valence-corrected chi connectivity index (χ0v) is 17.1. The summed E-state index contributed by atoms with van der Waals surface area (Å²) in [6, 6.07) is 0. The van der Waals surface area contributed by atoms with Gasteiger partial charge in [-0.25, -0.2) is 0 Å². The Hall–Kier alpha value is -0.910.